The van der Waals surface area contributed by atoms with Crippen LogP contribution in [0.3, 0.4) is 0 Å². The van der Waals surface area contributed by atoms with Crippen molar-refractivity contribution in [3.8, 4) is 0 Å². The van der Waals surface area contributed by atoms with Crippen LogP contribution < -0.4 is 0 Å². The van der Waals surface area contributed by atoms with Gasteiger partial charge in [0.25, 0.3) is 0 Å². The van der Waals surface area contributed by atoms with Crippen LogP contribution in [0.25, 0.3) is 11.0 Å². The maximum absolute atomic E-state index is 7.48. The van der Waals surface area contributed by atoms with Gasteiger partial charge in [0.15, 0.2) is 0 Å². The molecule has 0 bridgehead atoms. The van der Waals surface area contributed by atoms with E-state index in [4.69, 9.17) is 10.1 Å². The van der Waals surface area contributed by atoms with E-state index in [9.17, 15) is 0 Å². The average Bonchev–Trinajstić information content (AvgIpc) is 2.27. The summed E-state index contributed by atoms with van der Waals surface area (Å²) in [6.07, 6.45) is 3.27. The van der Waals surface area contributed by atoms with Crippen molar-refractivity contribution in [3.05, 3.63) is 36.2 Å². The Morgan fingerprint density at radius 3 is 2.64 bits per heavy atom. The second-order valence-corrected chi connectivity index (χ2v) is 2.79. The molecule has 1 N–H and O–H groups in total. The normalized spacial score (nSPS) is 10.1. The molecule has 0 spiro atoms. The fraction of sp³-hybridized carbons (Fsp3) is 0.100. The Kier molecular flexibility index (Phi) is 2.10. The van der Waals surface area contributed by atoms with Gasteiger partial charge in [0.1, 0.15) is 0 Å². The lowest BCUT2D eigenvalue weighted by Gasteiger charge is -2.02. The topological polar surface area (TPSA) is 58.9 Å². The van der Waals surface area contributed by atoms with E-state index in [1.807, 2.05) is 6.07 Å². The van der Waals surface area contributed by atoms with Crippen LogP contribution in [0.15, 0.2) is 30.6 Å². The van der Waals surface area contributed by atoms with Gasteiger partial charge in [-0.05, 0) is 18.2 Å². The molecular weight excluding hydrogens is 178 g/mol. The Morgan fingerprint density at radius 1 is 1.21 bits per heavy atom. The first-order chi connectivity index (χ1) is 6.81. The molecule has 4 heteroatoms. The van der Waals surface area contributed by atoms with E-state index in [1.165, 1.54) is 7.11 Å². The molecule has 0 aliphatic carbocycles. The minimum atomic E-state index is 0.137. The van der Waals surface area contributed by atoms with E-state index in [2.05, 4.69) is 9.97 Å². The van der Waals surface area contributed by atoms with Crippen LogP contribution in [0.1, 0.15) is 5.56 Å². The molecule has 0 radical (unpaired) electrons. The number of methoxy groups -OCH3 is 1. The largest absolute Gasteiger partial charge is 0.481 e. The van der Waals surface area contributed by atoms with E-state index >= 15 is 0 Å². The summed E-state index contributed by atoms with van der Waals surface area (Å²) < 4.78 is 4.82. The fourth-order valence-electron chi connectivity index (χ4n) is 1.22. The summed E-state index contributed by atoms with van der Waals surface area (Å²) in [4.78, 5) is 8.28. The van der Waals surface area contributed by atoms with Crippen LogP contribution in [0.2, 0.25) is 0 Å². The third-order valence-electron chi connectivity index (χ3n) is 1.94. The highest BCUT2D eigenvalue weighted by atomic mass is 16.5. The van der Waals surface area contributed by atoms with E-state index in [1.54, 1.807) is 24.5 Å². The van der Waals surface area contributed by atoms with Gasteiger partial charge in [-0.1, -0.05) is 0 Å². The number of benzene rings is 1. The van der Waals surface area contributed by atoms with Gasteiger partial charge >= 0.3 is 0 Å². The van der Waals surface area contributed by atoms with Crippen LogP contribution >= 0.6 is 0 Å². The van der Waals surface area contributed by atoms with Gasteiger partial charge in [-0.25, -0.2) is 0 Å². The molecule has 1 heterocycles. The number of hydrogen-bond donors (Lipinski definition) is 1. The summed E-state index contributed by atoms with van der Waals surface area (Å²) >= 11 is 0. The van der Waals surface area contributed by atoms with Crippen molar-refractivity contribution in [2.75, 3.05) is 7.11 Å². The van der Waals surface area contributed by atoms with Crippen molar-refractivity contribution in [1.82, 2.24) is 9.97 Å². The minimum absolute atomic E-state index is 0.137. The molecule has 0 aliphatic rings. The number of nitrogens with one attached hydrogen (secondary N) is 1. The Hall–Kier alpha value is -1.97. The number of ether oxygens (including phenoxy) is 1. The number of fused-ring (bicyclic) bond motifs is 1. The van der Waals surface area contributed by atoms with Crippen molar-refractivity contribution in [3.63, 3.8) is 0 Å². The molecule has 0 unspecified atom stereocenters. The monoisotopic (exact) mass is 187 g/mol. The van der Waals surface area contributed by atoms with Gasteiger partial charge in [-0.3, -0.25) is 15.4 Å². The summed E-state index contributed by atoms with van der Waals surface area (Å²) in [5.41, 5.74) is 2.30. The Morgan fingerprint density at radius 2 is 1.93 bits per heavy atom. The van der Waals surface area contributed by atoms with E-state index < -0.39 is 0 Å². The molecule has 0 saturated heterocycles. The zero-order valence-corrected chi connectivity index (χ0v) is 7.69. The third-order valence-corrected chi connectivity index (χ3v) is 1.94. The molecule has 1 aromatic heterocycles. The average molecular weight is 187 g/mol. The highest BCUT2D eigenvalue weighted by Gasteiger charge is 2.02. The van der Waals surface area contributed by atoms with Crippen molar-refractivity contribution in [1.29, 1.82) is 5.41 Å². The summed E-state index contributed by atoms with van der Waals surface area (Å²) in [6.45, 7) is 0. The van der Waals surface area contributed by atoms with Gasteiger partial charge in [0.2, 0.25) is 5.90 Å². The zero-order valence-electron chi connectivity index (χ0n) is 7.69. The standard InChI is InChI=1S/C10H9N3O/c1-14-10(11)7-2-3-8-9(6-7)13-5-4-12-8/h2-6,11H,1H3. The van der Waals surface area contributed by atoms with Crippen molar-refractivity contribution < 1.29 is 4.74 Å². The van der Waals surface area contributed by atoms with Crippen molar-refractivity contribution >= 4 is 16.9 Å². The van der Waals surface area contributed by atoms with Crippen LogP contribution in [0.4, 0.5) is 0 Å². The Bertz CT molecular complexity index is 482. The summed E-state index contributed by atoms with van der Waals surface area (Å²) in [5, 5.41) is 7.48. The maximum Gasteiger partial charge on any atom is 0.212 e. The summed E-state index contributed by atoms with van der Waals surface area (Å²) in [5.74, 6) is 0.137. The van der Waals surface area contributed by atoms with Gasteiger partial charge in [-0.15, -0.1) is 0 Å². The minimum Gasteiger partial charge on any atom is -0.481 e. The number of hydrogen-bond acceptors (Lipinski definition) is 4. The number of nitrogens with zero attached hydrogens (tertiary/aromatic N) is 2. The third kappa shape index (κ3) is 1.42. The molecule has 0 amide bonds. The first-order valence-electron chi connectivity index (χ1n) is 4.15. The molecular formula is C10H9N3O. The number of aromatic nitrogens is 2. The summed E-state index contributed by atoms with van der Waals surface area (Å²) in [6, 6.07) is 5.40. The molecule has 2 rings (SSSR count). The predicted octanol–water partition coefficient (Wildman–Crippen LogP) is 1.60. The molecule has 14 heavy (non-hydrogen) atoms. The smallest absolute Gasteiger partial charge is 0.212 e. The van der Waals surface area contributed by atoms with E-state index in [0.717, 1.165) is 11.0 Å². The van der Waals surface area contributed by atoms with Crippen LogP contribution in [0.5, 0.6) is 0 Å². The van der Waals surface area contributed by atoms with E-state index in [0.29, 0.717) is 5.56 Å². The predicted molar refractivity (Wildman–Crippen MR) is 53.4 cm³/mol. The molecule has 0 saturated carbocycles. The molecule has 0 fully saturated rings. The molecule has 1 aromatic carbocycles. The summed E-state index contributed by atoms with van der Waals surface area (Å²) in [7, 11) is 1.48. The lowest BCUT2D eigenvalue weighted by Crippen LogP contribution is -2.01. The first-order valence-corrected chi connectivity index (χ1v) is 4.15. The highest BCUT2D eigenvalue weighted by molar-refractivity contribution is 5.94. The second-order valence-electron chi connectivity index (χ2n) is 2.79. The van der Waals surface area contributed by atoms with Crippen LogP contribution in [-0.4, -0.2) is 23.0 Å². The Labute approximate surface area is 81.1 Å². The maximum atomic E-state index is 7.48. The lowest BCUT2D eigenvalue weighted by molar-refractivity contribution is 0.401. The molecule has 70 valence electrons. The number of rotatable bonds is 1. The van der Waals surface area contributed by atoms with Crippen molar-refractivity contribution in [2.24, 2.45) is 0 Å². The van der Waals surface area contributed by atoms with Gasteiger partial charge in [0, 0.05) is 18.0 Å². The molecule has 4 nitrogen and oxygen atoms in total. The SMILES string of the molecule is COC(=N)c1ccc2nccnc2c1. The highest BCUT2D eigenvalue weighted by Crippen LogP contribution is 2.11. The van der Waals surface area contributed by atoms with Gasteiger partial charge in [-0.2, -0.15) is 0 Å². The lowest BCUT2D eigenvalue weighted by atomic mass is 10.2. The fourth-order valence-corrected chi connectivity index (χ4v) is 1.22. The Balaban J connectivity index is 2.56. The second kappa shape index (κ2) is 3.41. The molecule has 2 aromatic rings. The molecule has 0 atom stereocenters. The van der Waals surface area contributed by atoms with Crippen LogP contribution in [-0.2, 0) is 4.74 Å². The van der Waals surface area contributed by atoms with Crippen LogP contribution in [0, 0.1) is 5.41 Å². The molecule has 0 aliphatic heterocycles. The first kappa shape index (κ1) is 8.62. The van der Waals surface area contributed by atoms with Gasteiger partial charge in [0.05, 0.1) is 18.1 Å². The zero-order chi connectivity index (χ0) is 9.97. The van der Waals surface area contributed by atoms with Crippen molar-refractivity contribution in [2.45, 2.75) is 0 Å². The van der Waals surface area contributed by atoms with E-state index in [-0.39, 0.29) is 5.90 Å². The quantitative estimate of drug-likeness (QED) is 0.545. The van der Waals surface area contributed by atoms with Gasteiger partial charge < -0.3 is 4.74 Å².